The van der Waals surface area contributed by atoms with E-state index >= 15 is 0 Å². The van der Waals surface area contributed by atoms with Gasteiger partial charge < -0.3 is 15.7 Å². The van der Waals surface area contributed by atoms with Crippen LogP contribution in [0.5, 0.6) is 0 Å². The number of nitro benzene ring substituents is 1. The predicted molar refractivity (Wildman–Crippen MR) is 71.8 cm³/mol. The van der Waals surface area contributed by atoms with Crippen molar-refractivity contribution in [1.29, 1.82) is 0 Å². The SMILES string of the molecule is CNC(=O)c1ccc(N[C@H](C)CC(=O)O)c([N+](=O)[O-])c1. The van der Waals surface area contributed by atoms with E-state index < -0.39 is 22.8 Å². The minimum atomic E-state index is -1.00. The number of rotatable bonds is 6. The van der Waals surface area contributed by atoms with E-state index in [9.17, 15) is 19.7 Å². The molecule has 0 radical (unpaired) electrons. The van der Waals surface area contributed by atoms with Crippen molar-refractivity contribution >= 4 is 23.3 Å². The standard InChI is InChI=1S/C12H15N3O5/c1-7(5-11(16)17)14-9-4-3-8(12(18)13-2)6-10(9)15(19)20/h3-4,6-7,14H,5H2,1-2H3,(H,13,18)(H,16,17)/t7-/m1/s1. The van der Waals surface area contributed by atoms with Gasteiger partial charge in [-0.25, -0.2) is 0 Å². The molecule has 0 unspecified atom stereocenters. The molecule has 0 spiro atoms. The molecule has 0 aromatic heterocycles. The van der Waals surface area contributed by atoms with E-state index in [1.54, 1.807) is 6.92 Å². The van der Waals surface area contributed by atoms with E-state index in [0.29, 0.717) is 0 Å². The number of hydrogen-bond donors (Lipinski definition) is 3. The summed E-state index contributed by atoms with van der Waals surface area (Å²) < 4.78 is 0. The van der Waals surface area contributed by atoms with Gasteiger partial charge >= 0.3 is 5.97 Å². The fourth-order valence-electron chi connectivity index (χ4n) is 1.67. The van der Waals surface area contributed by atoms with Gasteiger partial charge in [0, 0.05) is 24.7 Å². The number of carboxylic acids is 1. The summed E-state index contributed by atoms with van der Waals surface area (Å²) in [6.07, 6.45) is -0.172. The van der Waals surface area contributed by atoms with Crippen molar-refractivity contribution in [2.75, 3.05) is 12.4 Å². The normalized spacial score (nSPS) is 11.5. The van der Waals surface area contributed by atoms with E-state index in [4.69, 9.17) is 5.11 Å². The van der Waals surface area contributed by atoms with Crippen molar-refractivity contribution in [2.24, 2.45) is 0 Å². The highest BCUT2D eigenvalue weighted by molar-refractivity contribution is 5.95. The average Bonchev–Trinajstić information content (AvgIpc) is 2.36. The minimum Gasteiger partial charge on any atom is -0.481 e. The second-order valence-corrected chi connectivity index (χ2v) is 4.21. The number of hydrogen-bond acceptors (Lipinski definition) is 5. The lowest BCUT2D eigenvalue weighted by Crippen LogP contribution is -2.21. The van der Waals surface area contributed by atoms with Crippen LogP contribution in [0.4, 0.5) is 11.4 Å². The highest BCUT2D eigenvalue weighted by Gasteiger charge is 2.19. The Morgan fingerprint density at radius 3 is 2.60 bits per heavy atom. The van der Waals surface area contributed by atoms with Crippen LogP contribution in [0.25, 0.3) is 0 Å². The first-order chi connectivity index (χ1) is 9.35. The van der Waals surface area contributed by atoms with E-state index in [1.807, 2.05) is 0 Å². The minimum absolute atomic E-state index is 0.163. The zero-order chi connectivity index (χ0) is 15.3. The molecule has 8 nitrogen and oxygen atoms in total. The number of amides is 1. The summed E-state index contributed by atoms with van der Waals surface area (Å²) in [5, 5.41) is 24.8. The molecule has 0 bridgehead atoms. The first kappa shape index (κ1) is 15.4. The summed E-state index contributed by atoms with van der Waals surface area (Å²) in [6, 6.07) is 3.49. The van der Waals surface area contributed by atoms with E-state index in [1.165, 1.54) is 19.2 Å². The van der Waals surface area contributed by atoms with Gasteiger partial charge in [0.1, 0.15) is 5.69 Å². The number of anilines is 1. The summed E-state index contributed by atoms with van der Waals surface area (Å²) >= 11 is 0. The predicted octanol–water partition coefficient (Wildman–Crippen LogP) is 1.23. The maximum atomic E-state index is 11.4. The second-order valence-electron chi connectivity index (χ2n) is 4.21. The highest BCUT2D eigenvalue weighted by atomic mass is 16.6. The molecule has 1 atom stereocenters. The van der Waals surface area contributed by atoms with Crippen LogP contribution in [0.15, 0.2) is 18.2 Å². The molecule has 1 rings (SSSR count). The maximum Gasteiger partial charge on any atom is 0.305 e. The fourth-order valence-corrected chi connectivity index (χ4v) is 1.67. The lowest BCUT2D eigenvalue weighted by Gasteiger charge is -2.13. The highest BCUT2D eigenvalue weighted by Crippen LogP contribution is 2.26. The molecule has 108 valence electrons. The Balaban J connectivity index is 3.04. The largest absolute Gasteiger partial charge is 0.481 e. The number of benzene rings is 1. The van der Waals surface area contributed by atoms with Crippen LogP contribution in [0, 0.1) is 10.1 Å². The molecule has 0 aliphatic rings. The number of carbonyl (C=O) groups excluding carboxylic acids is 1. The number of nitro groups is 1. The smallest absolute Gasteiger partial charge is 0.305 e. The van der Waals surface area contributed by atoms with Crippen molar-refractivity contribution < 1.29 is 19.6 Å². The molecule has 0 aliphatic carbocycles. The molecule has 20 heavy (non-hydrogen) atoms. The molecule has 8 heteroatoms. The third kappa shape index (κ3) is 3.94. The van der Waals surface area contributed by atoms with Gasteiger partial charge in [0.15, 0.2) is 0 Å². The van der Waals surface area contributed by atoms with Crippen LogP contribution in [0.3, 0.4) is 0 Å². The second kappa shape index (κ2) is 6.50. The summed E-state index contributed by atoms with van der Waals surface area (Å²) in [5.41, 5.74) is 0.0652. The summed E-state index contributed by atoms with van der Waals surface area (Å²) in [4.78, 5) is 32.4. The molecule has 0 saturated carbocycles. The van der Waals surface area contributed by atoms with Gasteiger partial charge in [-0.2, -0.15) is 0 Å². The maximum absolute atomic E-state index is 11.4. The summed E-state index contributed by atoms with van der Waals surface area (Å²) in [5.74, 6) is -1.44. The zero-order valence-corrected chi connectivity index (χ0v) is 11.0. The molecule has 0 saturated heterocycles. The molecule has 0 aliphatic heterocycles. The van der Waals surface area contributed by atoms with Crippen molar-refractivity contribution in [3.63, 3.8) is 0 Å². The van der Waals surface area contributed by atoms with Gasteiger partial charge in [0.25, 0.3) is 11.6 Å². The van der Waals surface area contributed by atoms with E-state index in [-0.39, 0.29) is 23.4 Å². The lowest BCUT2D eigenvalue weighted by atomic mass is 10.1. The van der Waals surface area contributed by atoms with Gasteiger partial charge in [-0.15, -0.1) is 0 Å². The molecule has 3 N–H and O–H groups in total. The molecular weight excluding hydrogens is 266 g/mol. The Morgan fingerprint density at radius 2 is 2.10 bits per heavy atom. The Hall–Kier alpha value is -2.64. The van der Waals surface area contributed by atoms with Crippen molar-refractivity contribution in [2.45, 2.75) is 19.4 Å². The quantitative estimate of drug-likeness (QED) is 0.532. The van der Waals surface area contributed by atoms with Crippen LogP contribution < -0.4 is 10.6 Å². The number of aliphatic carboxylic acids is 1. The molecular formula is C12H15N3O5. The molecule has 1 aromatic rings. The Labute approximate surface area is 114 Å². The van der Waals surface area contributed by atoms with Crippen LogP contribution in [0.2, 0.25) is 0 Å². The van der Waals surface area contributed by atoms with Gasteiger partial charge in [0.05, 0.1) is 11.3 Å². The van der Waals surface area contributed by atoms with Crippen LogP contribution >= 0.6 is 0 Å². The molecule has 0 fully saturated rings. The Kier molecular flexibility index (Phi) is 5.01. The third-order valence-corrected chi connectivity index (χ3v) is 2.57. The zero-order valence-electron chi connectivity index (χ0n) is 11.0. The Morgan fingerprint density at radius 1 is 1.45 bits per heavy atom. The monoisotopic (exact) mass is 281 g/mol. The van der Waals surface area contributed by atoms with Crippen LogP contribution in [0.1, 0.15) is 23.7 Å². The number of nitrogens with zero attached hydrogens (tertiary/aromatic N) is 1. The van der Waals surface area contributed by atoms with Crippen LogP contribution in [-0.4, -0.2) is 35.0 Å². The first-order valence-corrected chi connectivity index (χ1v) is 5.84. The van der Waals surface area contributed by atoms with E-state index in [0.717, 1.165) is 6.07 Å². The number of carbonyl (C=O) groups is 2. The Bertz CT molecular complexity index is 544. The lowest BCUT2D eigenvalue weighted by molar-refractivity contribution is -0.384. The van der Waals surface area contributed by atoms with Crippen LogP contribution in [-0.2, 0) is 4.79 Å². The van der Waals surface area contributed by atoms with Gasteiger partial charge in [0.2, 0.25) is 0 Å². The fraction of sp³-hybridized carbons (Fsp3) is 0.333. The topological polar surface area (TPSA) is 122 Å². The third-order valence-electron chi connectivity index (χ3n) is 2.57. The summed E-state index contributed by atoms with van der Waals surface area (Å²) in [7, 11) is 1.43. The van der Waals surface area contributed by atoms with Gasteiger partial charge in [-0.3, -0.25) is 19.7 Å². The van der Waals surface area contributed by atoms with E-state index in [2.05, 4.69) is 10.6 Å². The summed E-state index contributed by atoms with van der Waals surface area (Å²) in [6.45, 7) is 1.60. The van der Waals surface area contributed by atoms with Gasteiger partial charge in [-0.1, -0.05) is 0 Å². The first-order valence-electron chi connectivity index (χ1n) is 5.84. The molecule has 1 aromatic carbocycles. The van der Waals surface area contributed by atoms with Gasteiger partial charge in [-0.05, 0) is 19.1 Å². The van der Waals surface area contributed by atoms with Crippen molar-refractivity contribution in [3.05, 3.63) is 33.9 Å². The average molecular weight is 281 g/mol. The number of nitrogens with one attached hydrogen (secondary N) is 2. The molecule has 0 heterocycles. The molecule has 1 amide bonds. The van der Waals surface area contributed by atoms with Crippen molar-refractivity contribution in [1.82, 2.24) is 5.32 Å². The number of carboxylic acid groups (broad SMARTS) is 1. The van der Waals surface area contributed by atoms with Crippen molar-refractivity contribution in [3.8, 4) is 0 Å².